The lowest BCUT2D eigenvalue weighted by Crippen LogP contribution is -2.43. The van der Waals surface area contributed by atoms with Gasteiger partial charge in [-0.3, -0.25) is 4.79 Å². The molecular formula is C23H20N2O7. The molecule has 4 aromatic rings. The lowest BCUT2D eigenvalue weighted by Gasteiger charge is -2.15. The molecule has 1 unspecified atom stereocenters. The lowest BCUT2D eigenvalue weighted by molar-refractivity contribution is -0.141. The quantitative estimate of drug-likeness (QED) is 0.291. The number of fused-ring (bicyclic) bond motifs is 2. The van der Waals surface area contributed by atoms with E-state index < -0.39 is 23.5 Å². The molecule has 0 saturated carbocycles. The van der Waals surface area contributed by atoms with Crippen LogP contribution in [0.3, 0.4) is 0 Å². The molecule has 2 aromatic heterocycles. The molecule has 9 nitrogen and oxygen atoms in total. The fourth-order valence-electron chi connectivity index (χ4n) is 3.75. The number of aromatic hydroxyl groups is 2. The van der Waals surface area contributed by atoms with Crippen molar-refractivity contribution in [2.75, 3.05) is 0 Å². The van der Waals surface area contributed by atoms with Crippen molar-refractivity contribution in [1.29, 1.82) is 0 Å². The average molecular weight is 436 g/mol. The SMILES string of the molecule is Cc1c(CC(=O)NC(Cc2c[nH]c3ccc(O)cc23)C(=O)O)c(=O)oc2cc(O)ccc12. The number of carbonyl (C=O) groups excluding carboxylic acids is 1. The Kier molecular flexibility index (Phi) is 5.31. The number of aromatic amines is 1. The predicted octanol–water partition coefficient (Wildman–Crippen LogP) is 2.35. The van der Waals surface area contributed by atoms with Crippen molar-refractivity contribution in [3.8, 4) is 11.5 Å². The van der Waals surface area contributed by atoms with Crippen LogP contribution < -0.4 is 10.9 Å². The first-order chi connectivity index (χ1) is 15.2. The van der Waals surface area contributed by atoms with Crippen LogP contribution in [0.1, 0.15) is 16.7 Å². The van der Waals surface area contributed by atoms with Crippen LogP contribution in [0, 0.1) is 6.92 Å². The maximum atomic E-state index is 12.6. The molecule has 5 N–H and O–H groups in total. The Hall–Kier alpha value is -4.27. The Morgan fingerprint density at radius 3 is 2.56 bits per heavy atom. The van der Waals surface area contributed by atoms with Gasteiger partial charge in [0.25, 0.3) is 0 Å². The van der Waals surface area contributed by atoms with Crippen LogP contribution in [0.2, 0.25) is 0 Å². The summed E-state index contributed by atoms with van der Waals surface area (Å²) in [6.45, 7) is 1.66. The van der Waals surface area contributed by atoms with E-state index in [-0.39, 0.29) is 35.5 Å². The zero-order valence-electron chi connectivity index (χ0n) is 17.0. The standard InChI is InChI=1S/C23H20N2O7/c1-11-15-4-2-14(27)8-20(15)32-23(31)16(11)9-21(28)25-19(22(29)30)6-12-10-24-18-5-3-13(26)7-17(12)18/h2-5,7-8,10,19,24,26-27H,6,9H2,1H3,(H,25,28)(H,29,30). The van der Waals surface area contributed by atoms with Gasteiger partial charge in [0.05, 0.1) is 12.0 Å². The number of H-pyrrole nitrogens is 1. The number of nitrogens with one attached hydrogen (secondary N) is 2. The highest BCUT2D eigenvalue weighted by atomic mass is 16.4. The molecule has 1 atom stereocenters. The normalized spacial score (nSPS) is 12.2. The monoisotopic (exact) mass is 436 g/mol. The third kappa shape index (κ3) is 4.00. The summed E-state index contributed by atoms with van der Waals surface area (Å²) < 4.78 is 5.21. The van der Waals surface area contributed by atoms with E-state index in [2.05, 4.69) is 10.3 Å². The second-order valence-corrected chi connectivity index (χ2v) is 7.56. The first-order valence-electron chi connectivity index (χ1n) is 9.79. The topological polar surface area (TPSA) is 153 Å². The number of carboxylic acids is 1. The van der Waals surface area contributed by atoms with Gasteiger partial charge in [0, 0.05) is 35.0 Å². The molecule has 9 heteroatoms. The molecule has 0 bridgehead atoms. The van der Waals surface area contributed by atoms with Crippen molar-refractivity contribution in [1.82, 2.24) is 10.3 Å². The smallest absolute Gasteiger partial charge is 0.340 e. The van der Waals surface area contributed by atoms with E-state index >= 15 is 0 Å². The van der Waals surface area contributed by atoms with E-state index in [4.69, 9.17) is 4.42 Å². The first-order valence-corrected chi connectivity index (χ1v) is 9.79. The highest BCUT2D eigenvalue weighted by Gasteiger charge is 2.24. The molecule has 0 aliphatic heterocycles. The van der Waals surface area contributed by atoms with Gasteiger partial charge in [-0.1, -0.05) is 0 Å². The van der Waals surface area contributed by atoms with Gasteiger partial charge in [-0.05, 0) is 48.4 Å². The molecule has 0 fully saturated rings. The van der Waals surface area contributed by atoms with Gasteiger partial charge in [0.1, 0.15) is 23.1 Å². The number of phenolic OH excluding ortho intramolecular Hbond substituents is 2. The number of aromatic nitrogens is 1. The molecular weight excluding hydrogens is 416 g/mol. The zero-order chi connectivity index (χ0) is 23.0. The third-order valence-electron chi connectivity index (χ3n) is 5.42. The van der Waals surface area contributed by atoms with E-state index in [0.29, 0.717) is 21.9 Å². The Balaban J connectivity index is 1.56. The summed E-state index contributed by atoms with van der Waals surface area (Å²) >= 11 is 0. The lowest BCUT2D eigenvalue weighted by atomic mass is 10.0. The summed E-state index contributed by atoms with van der Waals surface area (Å²) in [7, 11) is 0. The number of hydrogen-bond donors (Lipinski definition) is 5. The summed E-state index contributed by atoms with van der Waals surface area (Å²) in [4.78, 5) is 39.8. The predicted molar refractivity (Wildman–Crippen MR) is 116 cm³/mol. The number of rotatable bonds is 6. The van der Waals surface area contributed by atoms with Gasteiger partial charge in [0.15, 0.2) is 0 Å². The second-order valence-electron chi connectivity index (χ2n) is 7.56. The van der Waals surface area contributed by atoms with Crippen LogP contribution in [-0.2, 0) is 22.4 Å². The Morgan fingerprint density at radius 2 is 1.81 bits per heavy atom. The fourth-order valence-corrected chi connectivity index (χ4v) is 3.75. The van der Waals surface area contributed by atoms with E-state index in [1.165, 1.54) is 24.3 Å². The summed E-state index contributed by atoms with van der Waals surface area (Å²) in [6, 6.07) is 7.79. The van der Waals surface area contributed by atoms with Gasteiger partial charge in [-0.25, -0.2) is 9.59 Å². The number of aliphatic carboxylic acids is 1. The van der Waals surface area contributed by atoms with Crippen molar-refractivity contribution in [2.24, 2.45) is 0 Å². The molecule has 0 aliphatic rings. The summed E-state index contributed by atoms with van der Waals surface area (Å²) in [5.41, 5.74) is 1.44. The van der Waals surface area contributed by atoms with Crippen molar-refractivity contribution >= 4 is 33.7 Å². The maximum Gasteiger partial charge on any atom is 0.340 e. The van der Waals surface area contributed by atoms with Crippen molar-refractivity contribution in [3.63, 3.8) is 0 Å². The first kappa shape index (κ1) is 21.0. The molecule has 164 valence electrons. The van der Waals surface area contributed by atoms with Gasteiger partial charge in [0.2, 0.25) is 5.91 Å². The van der Waals surface area contributed by atoms with E-state index in [9.17, 15) is 29.7 Å². The highest BCUT2D eigenvalue weighted by Crippen LogP contribution is 2.25. The number of amides is 1. The molecule has 4 rings (SSSR count). The van der Waals surface area contributed by atoms with Crippen LogP contribution in [0.5, 0.6) is 11.5 Å². The van der Waals surface area contributed by atoms with Crippen molar-refractivity contribution in [3.05, 3.63) is 69.7 Å². The van der Waals surface area contributed by atoms with Crippen LogP contribution in [0.15, 0.2) is 51.8 Å². The molecule has 2 heterocycles. The number of aryl methyl sites for hydroxylation is 1. The summed E-state index contributed by atoms with van der Waals surface area (Å²) in [5.74, 6) is -1.89. The van der Waals surface area contributed by atoms with Crippen LogP contribution in [-0.4, -0.2) is 38.2 Å². The van der Waals surface area contributed by atoms with Crippen LogP contribution >= 0.6 is 0 Å². The zero-order valence-corrected chi connectivity index (χ0v) is 17.0. The van der Waals surface area contributed by atoms with Gasteiger partial charge in [-0.2, -0.15) is 0 Å². The second kappa shape index (κ2) is 8.10. The molecule has 0 radical (unpaired) electrons. The van der Waals surface area contributed by atoms with E-state index in [1.54, 1.807) is 25.3 Å². The molecule has 1 amide bonds. The number of phenols is 2. The van der Waals surface area contributed by atoms with E-state index in [0.717, 1.165) is 5.52 Å². The number of hydrogen-bond acceptors (Lipinski definition) is 6. The minimum absolute atomic E-state index is 0.0187. The van der Waals surface area contributed by atoms with Gasteiger partial charge >= 0.3 is 11.6 Å². The Labute approximate surface area is 180 Å². The molecule has 0 spiro atoms. The summed E-state index contributed by atoms with van der Waals surface area (Å²) in [6.07, 6.45) is 1.25. The largest absolute Gasteiger partial charge is 0.508 e. The maximum absolute atomic E-state index is 12.6. The highest BCUT2D eigenvalue weighted by molar-refractivity contribution is 5.89. The Bertz CT molecular complexity index is 1420. The average Bonchev–Trinajstić information content (AvgIpc) is 3.12. The number of carbonyl (C=O) groups is 2. The van der Waals surface area contributed by atoms with Crippen LogP contribution in [0.25, 0.3) is 21.9 Å². The summed E-state index contributed by atoms with van der Waals surface area (Å²) in [5, 5.41) is 32.6. The minimum Gasteiger partial charge on any atom is -0.508 e. The Morgan fingerprint density at radius 1 is 1.09 bits per heavy atom. The molecule has 2 aromatic carbocycles. The fraction of sp³-hybridized carbons (Fsp3) is 0.174. The molecule has 0 saturated heterocycles. The third-order valence-corrected chi connectivity index (χ3v) is 5.42. The van der Waals surface area contributed by atoms with E-state index in [1.807, 2.05) is 0 Å². The number of carboxylic acid groups (broad SMARTS) is 1. The van der Waals surface area contributed by atoms with Crippen molar-refractivity contribution in [2.45, 2.75) is 25.8 Å². The van der Waals surface area contributed by atoms with Gasteiger partial charge in [-0.15, -0.1) is 0 Å². The van der Waals surface area contributed by atoms with Gasteiger partial charge < -0.3 is 30.0 Å². The minimum atomic E-state index is -1.24. The number of benzene rings is 2. The molecule has 0 aliphatic carbocycles. The van der Waals surface area contributed by atoms with Crippen LogP contribution in [0.4, 0.5) is 0 Å². The molecule has 32 heavy (non-hydrogen) atoms. The van der Waals surface area contributed by atoms with Crippen molar-refractivity contribution < 1.29 is 29.3 Å².